The quantitative estimate of drug-likeness (QED) is 0.847. The molecule has 3 rings (SSSR count). The van der Waals surface area contributed by atoms with Crippen molar-refractivity contribution >= 4 is 21.6 Å². The van der Waals surface area contributed by atoms with Gasteiger partial charge in [-0.25, -0.2) is 13.1 Å². The normalized spacial score (nSPS) is 14.4. The van der Waals surface area contributed by atoms with Gasteiger partial charge in [0, 0.05) is 25.2 Å². The minimum Gasteiger partial charge on any atom is -0.312 e. The average molecular weight is 372 g/mol. The molecule has 0 bridgehead atoms. The van der Waals surface area contributed by atoms with Crippen molar-refractivity contribution in [3.05, 3.63) is 59.2 Å². The van der Waals surface area contributed by atoms with Gasteiger partial charge in [-0.05, 0) is 49.1 Å². The summed E-state index contributed by atoms with van der Waals surface area (Å²) in [5, 5.41) is 0. The minimum atomic E-state index is -3.54. The van der Waals surface area contributed by atoms with Crippen LogP contribution in [0.25, 0.3) is 0 Å². The second kappa shape index (κ2) is 7.60. The van der Waals surface area contributed by atoms with E-state index in [-0.39, 0.29) is 17.3 Å². The number of anilines is 1. The van der Waals surface area contributed by atoms with Gasteiger partial charge in [-0.3, -0.25) is 4.79 Å². The number of carbonyl (C=O) groups is 1. The van der Waals surface area contributed by atoms with Crippen LogP contribution in [0.15, 0.2) is 47.4 Å². The van der Waals surface area contributed by atoms with E-state index < -0.39 is 10.0 Å². The number of carbonyl (C=O) groups excluding carboxylic acids is 1. The zero-order valence-corrected chi connectivity index (χ0v) is 16.0. The first-order valence-electron chi connectivity index (χ1n) is 8.89. The van der Waals surface area contributed by atoms with Gasteiger partial charge in [0.2, 0.25) is 15.9 Å². The molecule has 5 nitrogen and oxygen atoms in total. The number of nitrogens with one attached hydrogen (secondary N) is 1. The lowest BCUT2D eigenvalue weighted by atomic mass is 9.98. The van der Waals surface area contributed by atoms with E-state index in [9.17, 15) is 13.2 Å². The van der Waals surface area contributed by atoms with Gasteiger partial charge in [-0.2, -0.15) is 0 Å². The van der Waals surface area contributed by atoms with Crippen molar-refractivity contribution in [2.75, 3.05) is 11.4 Å². The van der Waals surface area contributed by atoms with Crippen LogP contribution >= 0.6 is 0 Å². The molecule has 2 aromatic carbocycles. The van der Waals surface area contributed by atoms with Crippen LogP contribution in [-0.4, -0.2) is 20.9 Å². The van der Waals surface area contributed by atoms with Crippen molar-refractivity contribution in [3.63, 3.8) is 0 Å². The van der Waals surface area contributed by atoms with Crippen LogP contribution in [0.2, 0.25) is 0 Å². The lowest BCUT2D eigenvalue weighted by Crippen LogP contribution is -2.35. The van der Waals surface area contributed by atoms with Crippen molar-refractivity contribution in [3.8, 4) is 0 Å². The second-order valence-corrected chi connectivity index (χ2v) is 8.41. The van der Waals surface area contributed by atoms with Gasteiger partial charge in [0.05, 0.1) is 4.90 Å². The Labute approximate surface area is 155 Å². The molecule has 0 unspecified atom stereocenters. The summed E-state index contributed by atoms with van der Waals surface area (Å²) in [4.78, 5) is 14.2. The maximum atomic E-state index is 12.4. The zero-order valence-electron chi connectivity index (χ0n) is 15.2. The van der Waals surface area contributed by atoms with E-state index in [2.05, 4.69) is 11.6 Å². The molecule has 0 fully saturated rings. The third kappa shape index (κ3) is 3.97. The van der Waals surface area contributed by atoms with Crippen LogP contribution in [0.3, 0.4) is 0 Å². The fourth-order valence-corrected chi connectivity index (χ4v) is 4.19. The van der Waals surface area contributed by atoms with Crippen molar-refractivity contribution in [2.24, 2.45) is 0 Å². The molecular weight excluding hydrogens is 348 g/mol. The first-order chi connectivity index (χ1) is 12.4. The van der Waals surface area contributed by atoms with Crippen molar-refractivity contribution in [1.29, 1.82) is 0 Å². The van der Waals surface area contributed by atoms with Gasteiger partial charge in [0.15, 0.2) is 0 Å². The molecule has 1 amide bonds. The predicted molar refractivity (Wildman–Crippen MR) is 103 cm³/mol. The molecule has 0 atom stereocenters. The zero-order chi connectivity index (χ0) is 18.7. The molecule has 26 heavy (non-hydrogen) atoms. The van der Waals surface area contributed by atoms with Gasteiger partial charge in [0.25, 0.3) is 0 Å². The van der Waals surface area contributed by atoms with E-state index in [1.165, 1.54) is 0 Å². The van der Waals surface area contributed by atoms with Crippen LogP contribution < -0.4 is 9.62 Å². The van der Waals surface area contributed by atoms with E-state index >= 15 is 0 Å². The average Bonchev–Trinajstić information content (AvgIpc) is 2.63. The molecule has 0 aromatic heterocycles. The van der Waals surface area contributed by atoms with Crippen molar-refractivity contribution in [1.82, 2.24) is 4.72 Å². The molecule has 0 radical (unpaired) electrons. The summed E-state index contributed by atoms with van der Waals surface area (Å²) < 4.78 is 27.5. The van der Waals surface area contributed by atoms with E-state index in [0.717, 1.165) is 28.8 Å². The Kier molecular flexibility index (Phi) is 5.44. The Morgan fingerprint density at radius 1 is 1.08 bits per heavy atom. The van der Waals surface area contributed by atoms with Crippen LogP contribution in [0, 0.1) is 6.92 Å². The molecule has 1 aliphatic heterocycles. The highest BCUT2D eigenvalue weighted by Crippen LogP contribution is 2.29. The standard InChI is InChI=1S/C20H24N2O3S/c1-3-12-22-19-10-6-16(13-17(19)7-11-20(22)23)14-21-26(24,25)18-8-4-15(2)5-9-18/h4-6,8-10,13,21H,3,7,11-12,14H2,1-2H3. The SMILES string of the molecule is CCCN1C(=O)CCc2cc(CNS(=O)(=O)c3ccc(C)cc3)ccc21. The first-order valence-corrected chi connectivity index (χ1v) is 10.4. The summed E-state index contributed by atoms with van der Waals surface area (Å²) >= 11 is 0. The number of nitrogens with zero attached hydrogens (tertiary/aromatic N) is 1. The molecule has 1 N–H and O–H groups in total. The van der Waals surface area contributed by atoms with Crippen LogP contribution in [-0.2, 0) is 27.8 Å². The molecule has 0 spiro atoms. The van der Waals surface area contributed by atoms with Gasteiger partial charge >= 0.3 is 0 Å². The highest BCUT2D eigenvalue weighted by Gasteiger charge is 2.23. The summed E-state index contributed by atoms with van der Waals surface area (Å²) in [6.07, 6.45) is 2.11. The lowest BCUT2D eigenvalue weighted by Gasteiger charge is -2.29. The number of fused-ring (bicyclic) bond motifs is 1. The van der Waals surface area contributed by atoms with E-state index in [1.54, 1.807) is 24.3 Å². The summed E-state index contributed by atoms with van der Waals surface area (Å²) in [6.45, 7) is 4.91. The lowest BCUT2D eigenvalue weighted by molar-refractivity contribution is -0.118. The largest absolute Gasteiger partial charge is 0.312 e. The number of sulfonamides is 1. The minimum absolute atomic E-state index is 0.159. The fourth-order valence-electron chi connectivity index (χ4n) is 3.17. The smallest absolute Gasteiger partial charge is 0.240 e. The van der Waals surface area contributed by atoms with Gasteiger partial charge in [-0.15, -0.1) is 0 Å². The predicted octanol–water partition coefficient (Wildman–Crippen LogP) is 3.16. The van der Waals surface area contributed by atoms with E-state index in [1.807, 2.05) is 30.0 Å². The Balaban J connectivity index is 1.75. The molecule has 0 saturated heterocycles. The van der Waals surface area contributed by atoms with Gasteiger partial charge in [0.1, 0.15) is 0 Å². The Morgan fingerprint density at radius 2 is 1.81 bits per heavy atom. The number of benzene rings is 2. The fraction of sp³-hybridized carbons (Fsp3) is 0.350. The topological polar surface area (TPSA) is 66.5 Å². The Morgan fingerprint density at radius 3 is 2.50 bits per heavy atom. The number of hydrogen-bond donors (Lipinski definition) is 1. The highest BCUT2D eigenvalue weighted by atomic mass is 32.2. The first kappa shape index (κ1) is 18.6. The molecule has 138 valence electrons. The van der Waals surface area contributed by atoms with Crippen molar-refractivity contribution < 1.29 is 13.2 Å². The molecule has 1 aliphatic rings. The molecule has 2 aromatic rings. The van der Waals surface area contributed by atoms with E-state index in [0.29, 0.717) is 19.4 Å². The van der Waals surface area contributed by atoms with Gasteiger partial charge < -0.3 is 4.90 Å². The third-order valence-corrected chi connectivity index (χ3v) is 6.01. The molecule has 0 saturated carbocycles. The number of hydrogen-bond acceptors (Lipinski definition) is 3. The summed E-state index contributed by atoms with van der Waals surface area (Å²) in [7, 11) is -3.54. The Bertz CT molecular complexity index is 905. The maximum absolute atomic E-state index is 12.4. The van der Waals surface area contributed by atoms with Crippen LogP contribution in [0.1, 0.15) is 36.5 Å². The molecule has 6 heteroatoms. The maximum Gasteiger partial charge on any atom is 0.240 e. The summed E-state index contributed by atoms with van der Waals surface area (Å²) in [5.41, 5.74) is 3.97. The van der Waals surface area contributed by atoms with Crippen molar-refractivity contribution in [2.45, 2.75) is 44.6 Å². The Hall–Kier alpha value is -2.18. The molecule has 1 heterocycles. The highest BCUT2D eigenvalue weighted by molar-refractivity contribution is 7.89. The molecular formula is C20H24N2O3S. The van der Waals surface area contributed by atoms with Crippen LogP contribution in [0.5, 0.6) is 0 Å². The number of rotatable bonds is 6. The third-order valence-electron chi connectivity index (χ3n) is 4.59. The molecule has 0 aliphatic carbocycles. The van der Waals surface area contributed by atoms with E-state index in [4.69, 9.17) is 0 Å². The number of amides is 1. The number of aryl methyl sites for hydroxylation is 2. The summed E-state index contributed by atoms with van der Waals surface area (Å²) in [5.74, 6) is 0.159. The van der Waals surface area contributed by atoms with Gasteiger partial charge in [-0.1, -0.05) is 36.8 Å². The van der Waals surface area contributed by atoms with Crippen LogP contribution in [0.4, 0.5) is 5.69 Å². The monoisotopic (exact) mass is 372 g/mol. The second-order valence-electron chi connectivity index (χ2n) is 6.65. The summed E-state index contributed by atoms with van der Waals surface area (Å²) in [6, 6.07) is 12.6.